The largest absolute Gasteiger partial charge is 0.354 e. The lowest BCUT2D eigenvalue weighted by Crippen LogP contribution is -2.51. The molecule has 178 valence electrons. The third kappa shape index (κ3) is 7.58. The lowest BCUT2D eigenvalue weighted by Gasteiger charge is -2.32. The van der Waals surface area contributed by atoms with E-state index in [1.54, 1.807) is 4.90 Å². The van der Waals surface area contributed by atoms with Gasteiger partial charge in [-0.15, -0.1) is 0 Å². The van der Waals surface area contributed by atoms with Crippen molar-refractivity contribution in [3.05, 3.63) is 107 Å². The quantitative estimate of drug-likeness (QED) is 0.452. The van der Waals surface area contributed by atoms with E-state index in [1.807, 2.05) is 74.5 Å². The van der Waals surface area contributed by atoms with Crippen LogP contribution in [0.25, 0.3) is 0 Å². The molecule has 1 unspecified atom stereocenters. The molecule has 4 nitrogen and oxygen atoms in total. The molecule has 0 aliphatic carbocycles. The van der Waals surface area contributed by atoms with Crippen LogP contribution in [0.3, 0.4) is 0 Å². The van der Waals surface area contributed by atoms with Crippen LogP contribution in [0.5, 0.6) is 0 Å². The Labute approximate surface area is 204 Å². The molecule has 0 aromatic heterocycles. The molecule has 0 radical (unpaired) electrons. The van der Waals surface area contributed by atoms with E-state index in [0.717, 1.165) is 27.8 Å². The third-order valence-electron chi connectivity index (χ3n) is 5.79. The molecule has 0 fully saturated rings. The SMILES string of the molecule is Cc1cc(C)cc(CC(=O)N(Cc2ccccc2)C(Cc2ccccc2)C(=O)NCC(C)C)c1. The first-order valence-corrected chi connectivity index (χ1v) is 12.0. The fourth-order valence-corrected chi connectivity index (χ4v) is 4.20. The van der Waals surface area contributed by atoms with E-state index in [4.69, 9.17) is 0 Å². The number of nitrogens with one attached hydrogen (secondary N) is 1. The van der Waals surface area contributed by atoms with Gasteiger partial charge >= 0.3 is 0 Å². The zero-order valence-corrected chi connectivity index (χ0v) is 20.8. The fourth-order valence-electron chi connectivity index (χ4n) is 4.20. The van der Waals surface area contributed by atoms with Crippen LogP contribution in [0.1, 0.15) is 41.7 Å². The Kier molecular flexibility index (Phi) is 9.03. The highest BCUT2D eigenvalue weighted by atomic mass is 16.2. The summed E-state index contributed by atoms with van der Waals surface area (Å²) in [5.41, 5.74) is 5.28. The second-order valence-electron chi connectivity index (χ2n) is 9.52. The molecular formula is C30H36N2O2. The second-order valence-corrected chi connectivity index (χ2v) is 9.52. The molecule has 0 saturated carbocycles. The highest BCUT2D eigenvalue weighted by Crippen LogP contribution is 2.18. The van der Waals surface area contributed by atoms with Crippen molar-refractivity contribution in [1.29, 1.82) is 0 Å². The number of hydrogen-bond acceptors (Lipinski definition) is 2. The first-order chi connectivity index (χ1) is 16.3. The molecule has 3 aromatic rings. The average molecular weight is 457 g/mol. The number of hydrogen-bond donors (Lipinski definition) is 1. The van der Waals surface area contributed by atoms with Gasteiger partial charge in [-0.05, 0) is 36.5 Å². The van der Waals surface area contributed by atoms with Crippen LogP contribution in [0.15, 0.2) is 78.9 Å². The maximum absolute atomic E-state index is 13.8. The topological polar surface area (TPSA) is 49.4 Å². The van der Waals surface area contributed by atoms with E-state index >= 15 is 0 Å². The lowest BCUT2D eigenvalue weighted by molar-refractivity contribution is -0.140. The molecule has 4 heteroatoms. The van der Waals surface area contributed by atoms with E-state index in [1.165, 1.54) is 0 Å². The van der Waals surface area contributed by atoms with Gasteiger partial charge in [0.05, 0.1) is 6.42 Å². The Hall–Kier alpha value is -3.40. The summed E-state index contributed by atoms with van der Waals surface area (Å²) in [7, 11) is 0. The number of aryl methyl sites for hydroxylation is 2. The molecule has 3 rings (SSSR count). The van der Waals surface area contributed by atoms with Crippen LogP contribution in [0, 0.1) is 19.8 Å². The van der Waals surface area contributed by atoms with Crippen LogP contribution in [0.4, 0.5) is 0 Å². The smallest absolute Gasteiger partial charge is 0.243 e. The van der Waals surface area contributed by atoms with E-state index in [0.29, 0.717) is 25.4 Å². The van der Waals surface area contributed by atoms with Crippen molar-refractivity contribution in [2.75, 3.05) is 6.54 Å². The third-order valence-corrected chi connectivity index (χ3v) is 5.79. The summed E-state index contributed by atoms with van der Waals surface area (Å²) in [5, 5.41) is 3.07. The predicted molar refractivity (Wildman–Crippen MR) is 138 cm³/mol. The summed E-state index contributed by atoms with van der Waals surface area (Å²) in [4.78, 5) is 29.0. The minimum Gasteiger partial charge on any atom is -0.354 e. The van der Waals surface area contributed by atoms with Crippen molar-refractivity contribution in [2.45, 2.75) is 53.1 Å². The van der Waals surface area contributed by atoms with Crippen molar-refractivity contribution in [1.82, 2.24) is 10.2 Å². The number of amides is 2. The number of nitrogens with zero attached hydrogens (tertiary/aromatic N) is 1. The summed E-state index contributed by atoms with van der Waals surface area (Å²) in [5.74, 6) is 0.173. The molecule has 0 heterocycles. The van der Waals surface area contributed by atoms with Crippen molar-refractivity contribution in [2.24, 2.45) is 5.92 Å². The van der Waals surface area contributed by atoms with Crippen LogP contribution >= 0.6 is 0 Å². The Morgan fingerprint density at radius 2 is 1.35 bits per heavy atom. The summed E-state index contributed by atoms with van der Waals surface area (Å²) in [6.07, 6.45) is 0.730. The summed E-state index contributed by atoms with van der Waals surface area (Å²) in [6, 6.07) is 25.4. The molecule has 0 aliphatic rings. The van der Waals surface area contributed by atoms with Gasteiger partial charge in [0.2, 0.25) is 11.8 Å². The molecule has 34 heavy (non-hydrogen) atoms. The van der Waals surface area contributed by atoms with Gasteiger partial charge in [0.1, 0.15) is 6.04 Å². The highest BCUT2D eigenvalue weighted by molar-refractivity contribution is 5.88. The van der Waals surface area contributed by atoms with Crippen molar-refractivity contribution in [3.63, 3.8) is 0 Å². The van der Waals surface area contributed by atoms with Crippen molar-refractivity contribution in [3.8, 4) is 0 Å². The van der Waals surface area contributed by atoms with Crippen LogP contribution in [-0.2, 0) is 29.0 Å². The highest BCUT2D eigenvalue weighted by Gasteiger charge is 2.30. The summed E-state index contributed by atoms with van der Waals surface area (Å²) in [6.45, 7) is 9.19. The number of rotatable bonds is 10. The normalized spacial score (nSPS) is 11.8. The van der Waals surface area contributed by atoms with Gasteiger partial charge in [-0.3, -0.25) is 9.59 Å². The summed E-state index contributed by atoms with van der Waals surface area (Å²) >= 11 is 0. The molecule has 1 N–H and O–H groups in total. The van der Waals surface area contributed by atoms with Gasteiger partial charge in [-0.25, -0.2) is 0 Å². The molecule has 0 spiro atoms. The maximum Gasteiger partial charge on any atom is 0.243 e. The zero-order valence-electron chi connectivity index (χ0n) is 20.8. The van der Waals surface area contributed by atoms with E-state index in [-0.39, 0.29) is 18.2 Å². The first kappa shape index (κ1) is 25.2. The predicted octanol–water partition coefficient (Wildman–Crippen LogP) is 5.26. The molecule has 1 atom stereocenters. The van der Waals surface area contributed by atoms with Crippen molar-refractivity contribution >= 4 is 11.8 Å². The molecule has 0 aliphatic heterocycles. The minimum absolute atomic E-state index is 0.0468. The van der Waals surface area contributed by atoms with Gasteiger partial charge < -0.3 is 10.2 Å². The van der Waals surface area contributed by atoms with Crippen LogP contribution < -0.4 is 5.32 Å². The number of carbonyl (C=O) groups excluding carboxylic acids is 2. The molecule has 3 aromatic carbocycles. The van der Waals surface area contributed by atoms with Crippen LogP contribution in [-0.4, -0.2) is 29.3 Å². The van der Waals surface area contributed by atoms with Crippen molar-refractivity contribution < 1.29 is 9.59 Å². The van der Waals surface area contributed by atoms with Gasteiger partial charge in [0, 0.05) is 19.5 Å². The summed E-state index contributed by atoms with van der Waals surface area (Å²) < 4.78 is 0. The number of benzene rings is 3. The Balaban J connectivity index is 1.95. The average Bonchev–Trinajstić information content (AvgIpc) is 2.80. The molecule has 0 bridgehead atoms. The molecular weight excluding hydrogens is 420 g/mol. The molecule has 0 saturated heterocycles. The standard InChI is InChI=1S/C30H36N2O2/c1-22(2)20-31-30(34)28(18-25-11-7-5-8-12-25)32(21-26-13-9-6-10-14-26)29(33)19-27-16-23(3)15-24(4)17-27/h5-17,22,28H,18-21H2,1-4H3,(H,31,34). The minimum atomic E-state index is -0.597. The van der Waals surface area contributed by atoms with Crippen LogP contribution in [0.2, 0.25) is 0 Å². The van der Waals surface area contributed by atoms with Gasteiger partial charge in [-0.2, -0.15) is 0 Å². The second kappa shape index (κ2) is 12.2. The Morgan fingerprint density at radius 3 is 1.91 bits per heavy atom. The van der Waals surface area contributed by atoms with E-state index < -0.39 is 6.04 Å². The Morgan fingerprint density at radius 1 is 0.794 bits per heavy atom. The van der Waals surface area contributed by atoms with E-state index in [9.17, 15) is 9.59 Å². The Bertz CT molecular complexity index is 1060. The fraction of sp³-hybridized carbons (Fsp3) is 0.333. The van der Waals surface area contributed by atoms with Gasteiger partial charge in [-0.1, -0.05) is 104 Å². The van der Waals surface area contributed by atoms with Gasteiger partial charge in [0.15, 0.2) is 0 Å². The lowest BCUT2D eigenvalue weighted by atomic mass is 10.00. The zero-order chi connectivity index (χ0) is 24.5. The van der Waals surface area contributed by atoms with Gasteiger partial charge in [0.25, 0.3) is 0 Å². The molecule has 2 amide bonds. The maximum atomic E-state index is 13.8. The first-order valence-electron chi connectivity index (χ1n) is 12.0. The van der Waals surface area contributed by atoms with E-state index in [2.05, 4.69) is 37.4 Å². The number of carbonyl (C=O) groups is 2. The monoisotopic (exact) mass is 456 g/mol.